The highest BCUT2D eigenvalue weighted by atomic mass is 32.1. The molecular weight excluding hydrogens is 358 g/mol. The van der Waals surface area contributed by atoms with Crippen LogP contribution in [0, 0.1) is 13.8 Å². The molecule has 3 aromatic heterocycles. The molecule has 4 heterocycles. The number of para-hydroxylation sites is 1. The SMILES string of the molecule is Cc1ccc(-c2nc(CN3CCC[C@@H]3c3nc4ccccc4s3)c(C)o2)o1. The van der Waals surface area contributed by atoms with E-state index in [4.69, 9.17) is 18.8 Å². The van der Waals surface area contributed by atoms with Crippen LogP contribution in [0.4, 0.5) is 0 Å². The number of aromatic nitrogens is 2. The number of likely N-dealkylation sites (tertiary alicyclic amines) is 1. The second-order valence-electron chi connectivity index (χ2n) is 7.08. The molecule has 0 radical (unpaired) electrons. The van der Waals surface area contributed by atoms with E-state index in [9.17, 15) is 0 Å². The van der Waals surface area contributed by atoms with Gasteiger partial charge in [0.15, 0.2) is 5.76 Å². The smallest absolute Gasteiger partial charge is 0.263 e. The van der Waals surface area contributed by atoms with Gasteiger partial charge >= 0.3 is 0 Å². The summed E-state index contributed by atoms with van der Waals surface area (Å²) in [7, 11) is 0. The Labute approximate surface area is 161 Å². The van der Waals surface area contributed by atoms with E-state index in [1.807, 2.05) is 26.0 Å². The number of hydrogen-bond acceptors (Lipinski definition) is 6. The van der Waals surface area contributed by atoms with Gasteiger partial charge in [-0.1, -0.05) is 12.1 Å². The van der Waals surface area contributed by atoms with Gasteiger partial charge in [-0.25, -0.2) is 9.97 Å². The summed E-state index contributed by atoms with van der Waals surface area (Å²) in [6, 6.07) is 12.6. The fraction of sp³-hybridized carbons (Fsp3) is 0.333. The number of hydrogen-bond donors (Lipinski definition) is 0. The quantitative estimate of drug-likeness (QED) is 0.469. The summed E-state index contributed by atoms with van der Waals surface area (Å²) in [6.07, 6.45) is 2.32. The van der Waals surface area contributed by atoms with Crippen LogP contribution in [0.1, 0.15) is 41.1 Å². The van der Waals surface area contributed by atoms with Crippen LogP contribution in [0.2, 0.25) is 0 Å². The average molecular weight is 379 g/mol. The third-order valence-electron chi connectivity index (χ3n) is 5.16. The van der Waals surface area contributed by atoms with Crippen LogP contribution in [0.5, 0.6) is 0 Å². The maximum absolute atomic E-state index is 5.87. The molecule has 0 spiro atoms. The highest BCUT2D eigenvalue weighted by Gasteiger charge is 2.30. The molecule has 5 rings (SSSR count). The molecule has 1 fully saturated rings. The predicted octanol–water partition coefficient (Wildman–Crippen LogP) is 5.50. The Kier molecular flexibility index (Phi) is 4.10. The zero-order valence-electron chi connectivity index (χ0n) is 15.4. The normalized spacial score (nSPS) is 17.9. The van der Waals surface area contributed by atoms with Crippen LogP contribution in [0.15, 0.2) is 45.2 Å². The molecule has 0 aliphatic carbocycles. The van der Waals surface area contributed by atoms with E-state index in [1.165, 1.54) is 16.1 Å². The van der Waals surface area contributed by atoms with Crippen molar-refractivity contribution < 1.29 is 8.83 Å². The summed E-state index contributed by atoms with van der Waals surface area (Å²) in [5.41, 5.74) is 2.07. The molecule has 1 atom stereocenters. The van der Waals surface area contributed by atoms with Crippen LogP contribution in [-0.2, 0) is 6.54 Å². The lowest BCUT2D eigenvalue weighted by Crippen LogP contribution is -2.23. The van der Waals surface area contributed by atoms with E-state index in [0.717, 1.165) is 42.2 Å². The number of thiazole rings is 1. The Hall–Kier alpha value is -2.44. The fourth-order valence-electron chi connectivity index (χ4n) is 3.75. The van der Waals surface area contributed by atoms with Gasteiger partial charge in [0.05, 0.1) is 22.0 Å². The Balaban J connectivity index is 1.40. The lowest BCUT2D eigenvalue weighted by molar-refractivity contribution is 0.244. The molecule has 1 saturated heterocycles. The van der Waals surface area contributed by atoms with Crippen molar-refractivity contribution in [1.82, 2.24) is 14.9 Å². The summed E-state index contributed by atoms with van der Waals surface area (Å²) in [4.78, 5) is 12.1. The Bertz CT molecular complexity index is 1060. The first-order chi connectivity index (χ1) is 13.2. The van der Waals surface area contributed by atoms with Crippen molar-refractivity contribution in [2.45, 2.75) is 39.3 Å². The van der Waals surface area contributed by atoms with Gasteiger partial charge in [0.25, 0.3) is 5.89 Å². The van der Waals surface area contributed by atoms with Gasteiger partial charge in [-0.3, -0.25) is 4.90 Å². The molecule has 0 saturated carbocycles. The van der Waals surface area contributed by atoms with Crippen molar-refractivity contribution in [3.8, 4) is 11.7 Å². The standard InChI is InChI=1S/C21H21N3O2S/c1-13-9-10-18(25-13)20-22-16(14(2)26-20)12-24-11-5-7-17(24)21-23-15-6-3-4-8-19(15)27-21/h3-4,6,8-10,17H,5,7,11-12H2,1-2H3/t17-/m1/s1. The van der Waals surface area contributed by atoms with Crippen LogP contribution in [0.25, 0.3) is 21.9 Å². The number of nitrogens with zero attached hydrogens (tertiary/aromatic N) is 3. The van der Waals surface area contributed by atoms with Crippen LogP contribution >= 0.6 is 11.3 Å². The molecule has 5 nitrogen and oxygen atoms in total. The minimum Gasteiger partial charge on any atom is -0.456 e. The molecular formula is C21H21N3O2S. The number of oxazole rings is 1. The molecule has 4 aromatic rings. The first-order valence-electron chi connectivity index (χ1n) is 9.30. The predicted molar refractivity (Wildman–Crippen MR) is 106 cm³/mol. The molecule has 0 amide bonds. The van der Waals surface area contributed by atoms with Gasteiger partial charge in [-0.05, 0) is 57.5 Å². The fourth-order valence-corrected chi connectivity index (χ4v) is 4.89. The van der Waals surface area contributed by atoms with Gasteiger partial charge in [0.1, 0.15) is 16.5 Å². The monoisotopic (exact) mass is 379 g/mol. The maximum Gasteiger partial charge on any atom is 0.263 e. The van der Waals surface area contributed by atoms with Crippen LogP contribution in [0.3, 0.4) is 0 Å². The highest BCUT2D eigenvalue weighted by molar-refractivity contribution is 7.18. The Morgan fingerprint density at radius 3 is 2.81 bits per heavy atom. The van der Waals surface area contributed by atoms with Crippen molar-refractivity contribution in [1.29, 1.82) is 0 Å². The van der Waals surface area contributed by atoms with Crippen molar-refractivity contribution >= 4 is 21.6 Å². The summed E-state index contributed by atoms with van der Waals surface area (Å²) in [6.45, 7) is 5.73. The van der Waals surface area contributed by atoms with E-state index in [-0.39, 0.29) is 0 Å². The van der Waals surface area contributed by atoms with Crippen molar-refractivity contribution in [3.05, 3.63) is 58.6 Å². The van der Waals surface area contributed by atoms with Gasteiger partial charge in [0.2, 0.25) is 0 Å². The van der Waals surface area contributed by atoms with Gasteiger partial charge < -0.3 is 8.83 Å². The van der Waals surface area contributed by atoms with E-state index in [0.29, 0.717) is 17.7 Å². The van der Waals surface area contributed by atoms with E-state index in [1.54, 1.807) is 11.3 Å². The van der Waals surface area contributed by atoms with Gasteiger partial charge in [0, 0.05) is 6.54 Å². The third-order valence-corrected chi connectivity index (χ3v) is 6.29. The van der Waals surface area contributed by atoms with Crippen LogP contribution in [-0.4, -0.2) is 21.4 Å². The summed E-state index contributed by atoms with van der Waals surface area (Å²) < 4.78 is 12.8. The minimum absolute atomic E-state index is 0.354. The second kappa shape index (κ2) is 6.62. The lowest BCUT2D eigenvalue weighted by Gasteiger charge is -2.21. The van der Waals surface area contributed by atoms with Crippen molar-refractivity contribution in [2.24, 2.45) is 0 Å². The second-order valence-corrected chi connectivity index (χ2v) is 8.14. The minimum atomic E-state index is 0.354. The molecule has 1 aliphatic heterocycles. The van der Waals surface area contributed by atoms with E-state index < -0.39 is 0 Å². The third kappa shape index (κ3) is 3.09. The average Bonchev–Trinajstić information content (AvgIpc) is 3.42. The first-order valence-corrected chi connectivity index (χ1v) is 10.1. The molecule has 1 aromatic carbocycles. The number of furan rings is 1. The van der Waals surface area contributed by atoms with E-state index in [2.05, 4.69) is 29.2 Å². The molecule has 1 aliphatic rings. The first kappa shape index (κ1) is 16.7. The van der Waals surface area contributed by atoms with E-state index >= 15 is 0 Å². The maximum atomic E-state index is 5.87. The van der Waals surface area contributed by atoms with Crippen molar-refractivity contribution in [3.63, 3.8) is 0 Å². The largest absolute Gasteiger partial charge is 0.456 e. The van der Waals surface area contributed by atoms with Crippen molar-refractivity contribution in [2.75, 3.05) is 6.54 Å². The number of aryl methyl sites for hydroxylation is 2. The number of benzene rings is 1. The Morgan fingerprint density at radius 2 is 2.00 bits per heavy atom. The summed E-state index contributed by atoms with van der Waals surface area (Å²) >= 11 is 1.81. The molecule has 0 unspecified atom stereocenters. The molecule has 0 N–H and O–H groups in total. The zero-order valence-corrected chi connectivity index (χ0v) is 16.3. The van der Waals surface area contributed by atoms with Gasteiger partial charge in [-0.15, -0.1) is 11.3 Å². The number of rotatable bonds is 4. The highest BCUT2D eigenvalue weighted by Crippen LogP contribution is 2.37. The lowest BCUT2D eigenvalue weighted by atomic mass is 10.2. The summed E-state index contributed by atoms with van der Waals surface area (Å²) in [5.74, 6) is 2.96. The molecule has 138 valence electrons. The number of fused-ring (bicyclic) bond motifs is 1. The molecule has 27 heavy (non-hydrogen) atoms. The zero-order chi connectivity index (χ0) is 18.4. The molecule has 6 heteroatoms. The summed E-state index contributed by atoms with van der Waals surface area (Å²) in [5, 5.41) is 1.21. The van der Waals surface area contributed by atoms with Crippen LogP contribution < -0.4 is 0 Å². The molecule has 0 bridgehead atoms. The Morgan fingerprint density at radius 1 is 1.11 bits per heavy atom. The van der Waals surface area contributed by atoms with Gasteiger partial charge in [-0.2, -0.15) is 0 Å². The topological polar surface area (TPSA) is 55.3 Å².